The van der Waals surface area contributed by atoms with E-state index in [9.17, 15) is 43.2 Å². The number of amides is 2. The van der Waals surface area contributed by atoms with Crippen molar-refractivity contribution >= 4 is 53.8 Å². The molecule has 2 N–H and O–H groups in total. The van der Waals surface area contributed by atoms with Gasteiger partial charge in [-0.1, -0.05) is 0 Å². The summed E-state index contributed by atoms with van der Waals surface area (Å²) in [6.45, 7) is 7.03. The molecule has 0 bridgehead atoms. The largest absolute Gasteiger partial charge is 0.463 e. The SMILES string of the molecule is CC(=O)OC[C@H]1O[C@@H](OC(C)=O)[C@H](NC(=O)N[C@H]2[C@H](OC(C)=O)O[C@H](COC(C)=O)[C@@H](OC(C)=O)[C@@H]2OC(C)=O)[C@@H](OC(C)=O)[C@@H]1OC(C)=O. The van der Waals surface area contributed by atoms with Crippen LogP contribution in [0, 0.1) is 0 Å². The lowest BCUT2D eigenvalue weighted by molar-refractivity contribution is -0.272. The van der Waals surface area contributed by atoms with Crippen LogP contribution in [0.3, 0.4) is 0 Å². The Kier molecular flexibility index (Phi) is 15.3. The maximum atomic E-state index is 13.7. The van der Waals surface area contributed by atoms with Gasteiger partial charge in [-0.3, -0.25) is 38.4 Å². The summed E-state index contributed by atoms with van der Waals surface area (Å²) in [5.74, 6) is -7.07. The van der Waals surface area contributed by atoms with Gasteiger partial charge in [0.05, 0.1) is 0 Å². The van der Waals surface area contributed by atoms with Crippen LogP contribution in [-0.2, 0) is 85.7 Å². The first-order chi connectivity index (χ1) is 23.3. The van der Waals surface area contributed by atoms with Gasteiger partial charge in [0.15, 0.2) is 24.4 Å². The van der Waals surface area contributed by atoms with E-state index in [1.165, 1.54) is 0 Å². The highest BCUT2D eigenvalue weighted by atomic mass is 16.7. The molecule has 0 unspecified atom stereocenters. The van der Waals surface area contributed by atoms with E-state index in [-0.39, 0.29) is 0 Å². The minimum atomic E-state index is -1.77. The van der Waals surface area contributed by atoms with Gasteiger partial charge >= 0.3 is 53.8 Å². The van der Waals surface area contributed by atoms with E-state index in [4.69, 9.17) is 47.4 Å². The Morgan fingerprint density at radius 1 is 0.420 bits per heavy atom. The van der Waals surface area contributed by atoms with Crippen LogP contribution in [0.1, 0.15) is 55.4 Å². The van der Waals surface area contributed by atoms with Gasteiger partial charge in [-0.2, -0.15) is 0 Å². The first kappa shape index (κ1) is 41.1. The lowest BCUT2D eigenvalue weighted by Gasteiger charge is -2.46. The van der Waals surface area contributed by atoms with Crippen molar-refractivity contribution in [3.63, 3.8) is 0 Å². The summed E-state index contributed by atoms with van der Waals surface area (Å²) in [5, 5.41) is 4.76. The van der Waals surface area contributed by atoms with Crippen molar-refractivity contribution in [1.29, 1.82) is 0 Å². The lowest BCUT2D eigenvalue weighted by Crippen LogP contribution is -2.70. The van der Waals surface area contributed by atoms with Crippen LogP contribution in [0.4, 0.5) is 4.79 Å². The molecule has 2 aliphatic heterocycles. The van der Waals surface area contributed by atoms with Gasteiger partial charge in [0, 0.05) is 55.4 Å². The molecule has 0 aromatic heterocycles. The summed E-state index contributed by atoms with van der Waals surface area (Å²) >= 11 is 0. The van der Waals surface area contributed by atoms with Gasteiger partial charge in [-0.15, -0.1) is 0 Å². The summed E-state index contributed by atoms with van der Waals surface area (Å²) in [7, 11) is 0. The number of ether oxygens (including phenoxy) is 10. The standard InChI is InChI=1S/C29H40N2O19/c1-11(32)41-9-19-23(43-13(3)34)25(45-15(5)36)21(27(49-19)47-17(7)38)30-29(40)31-22-26(46-16(6)37)24(44-14(4)35)20(10-42-12(2)33)50-28(22)48-18(8)39/h19-28H,9-10H2,1-8H3,(H2,30,31,40)/t19-,20-,21-,22-,23-,24-,25-,26-,27-,28-/m1/s1. The zero-order valence-corrected chi connectivity index (χ0v) is 28.4. The number of esters is 8. The third-order valence-electron chi connectivity index (χ3n) is 6.56. The molecule has 2 saturated heterocycles. The summed E-state index contributed by atoms with van der Waals surface area (Å²) in [5.41, 5.74) is 0. The fourth-order valence-electron chi connectivity index (χ4n) is 4.98. The Balaban J connectivity index is 2.58. The van der Waals surface area contributed by atoms with E-state index in [1.54, 1.807) is 0 Å². The maximum Gasteiger partial charge on any atom is 0.315 e. The highest BCUT2D eigenvalue weighted by molar-refractivity contribution is 5.76. The van der Waals surface area contributed by atoms with Crippen molar-refractivity contribution < 1.29 is 90.5 Å². The van der Waals surface area contributed by atoms with Gasteiger partial charge in [0.1, 0.15) is 37.5 Å². The molecular formula is C29H40N2O19. The molecular weight excluding hydrogens is 680 g/mol. The van der Waals surface area contributed by atoms with Crippen molar-refractivity contribution in [3.8, 4) is 0 Å². The van der Waals surface area contributed by atoms with Crippen LogP contribution in [-0.4, -0.2) is 128 Å². The fourth-order valence-corrected chi connectivity index (χ4v) is 4.98. The Labute approximate surface area is 285 Å². The Morgan fingerprint density at radius 2 is 0.700 bits per heavy atom. The Hall–Kier alpha value is -5.05. The molecule has 21 nitrogen and oxygen atoms in total. The summed E-state index contributed by atoms with van der Waals surface area (Å²) in [6.07, 6.45) is -12.7. The van der Waals surface area contributed by atoms with Gasteiger partial charge in [0.2, 0.25) is 12.6 Å². The number of carbonyl (C=O) groups excluding carboxylic acids is 9. The average molecular weight is 721 g/mol. The molecule has 0 aliphatic carbocycles. The molecule has 2 heterocycles. The van der Waals surface area contributed by atoms with Gasteiger partial charge in [0.25, 0.3) is 0 Å². The van der Waals surface area contributed by atoms with E-state index in [0.717, 1.165) is 55.4 Å². The second kappa shape index (κ2) is 18.6. The van der Waals surface area contributed by atoms with E-state index in [1.807, 2.05) is 0 Å². The van der Waals surface area contributed by atoms with Crippen LogP contribution in [0.15, 0.2) is 0 Å². The topological polar surface area (TPSA) is 270 Å². The maximum absolute atomic E-state index is 13.7. The number of rotatable bonds is 12. The number of hydrogen-bond acceptors (Lipinski definition) is 19. The summed E-state index contributed by atoms with van der Waals surface area (Å²) in [4.78, 5) is 110. The first-order valence-corrected chi connectivity index (χ1v) is 15.0. The fraction of sp³-hybridized carbons (Fsp3) is 0.690. The molecule has 280 valence electrons. The molecule has 10 atom stereocenters. The van der Waals surface area contributed by atoms with E-state index in [0.29, 0.717) is 0 Å². The van der Waals surface area contributed by atoms with Crippen molar-refractivity contribution in [2.24, 2.45) is 0 Å². The minimum absolute atomic E-state index is 0.568. The van der Waals surface area contributed by atoms with E-state index < -0.39 is 128 Å². The summed E-state index contributed by atoms with van der Waals surface area (Å²) in [6, 6.07) is -4.55. The van der Waals surface area contributed by atoms with Crippen molar-refractivity contribution in [2.75, 3.05) is 13.2 Å². The van der Waals surface area contributed by atoms with E-state index in [2.05, 4.69) is 10.6 Å². The van der Waals surface area contributed by atoms with Crippen molar-refractivity contribution in [1.82, 2.24) is 10.6 Å². The van der Waals surface area contributed by atoms with Crippen LogP contribution < -0.4 is 10.6 Å². The molecule has 50 heavy (non-hydrogen) atoms. The second-order valence-electron chi connectivity index (χ2n) is 10.9. The second-order valence-corrected chi connectivity index (χ2v) is 10.9. The number of urea groups is 1. The van der Waals surface area contributed by atoms with Crippen LogP contribution in [0.25, 0.3) is 0 Å². The zero-order valence-electron chi connectivity index (χ0n) is 28.4. The molecule has 0 aromatic carbocycles. The Morgan fingerprint density at radius 3 is 0.960 bits per heavy atom. The molecule has 0 spiro atoms. The Bertz CT molecular complexity index is 1220. The quantitative estimate of drug-likeness (QED) is 0.171. The molecule has 0 radical (unpaired) electrons. The number of carbonyl (C=O) groups is 9. The monoisotopic (exact) mass is 720 g/mol. The highest BCUT2D eigenvalue weighted by Gasteiger charge is 2.55. The van der Waals surface area contributed by atoms with Gasteiger partial charge < -0.3 is 58.0 Å². The zero-order chi connectivity index (χ0) is 37.9. The third kappa shape index (κ3) is 12.8. The van der Waals surface area contributed by atoms with Crippen molar-refractivity contribution in [2.45, 2.75) is 117 Å². The smallest absolute Gasteiger partial charge is 0.315 e. The molecule has 0 saturated carbocycles. The first-order valence-electron chi connectivity index (χ1n) is 15.0. The molecule has 0 aromatic rings. The van der Waals surface area contributed by atoms with Gasteiger partial charge in [-0.05, 0) is 0 Å². The number of hydrogen-bond donors (Lipinski definition) is 2. The van der Waals surface area contributed by atoms with Crippen LogP contribution >= 0.6 is 0 Å². The van der Waals surface area contributed by atoms with Gasteiger partial charge in [-0.25, -0.2) is 4.79 Å². The predicted molar refractivity (Wildman–Crippen MR) is 156 cm³/mol. The third-order valence-corrected chi connectivity index (χ3v) is 6.56. The average Bonchev–Trinajstić information content (AvgIpc) is 2.95. The predicted octanol–water partition coefficient (Wildman–Crippen LogP) is -1.55. The number of nitrogens with one attached hydrogen (secondary N) is 2. The molecule has 21 heteroatoms. The normalized spacial score (nSPS) is 28.7. The molecule has 2 amide bonds. The lowest BCUT2D eigenvalue weighted by atomic mass is 9.95. The van der Waals surface area contributed by atoms with E-state index >= 15 is 0 Å². The molecule has 2 fully saturated rings. The van der Waals surface area contributed by atoms with Crippen LogP contribution in [0.5, 0.6) is 0 Å². The minimum Gasteiger partial charge on any atom is -0.463 e. The highest BCUT2D eigenvalue weighted by Crippen LogP contribution is 2.30. The summed E-state index contributed by atoms with van der Waals surface area (Å²) < 4.78 is 53.4. The van der Waals surface area contributed by atoms with Crippen molar-refractivity contribution in [3.05, 3.63) is 0 Å². The molecule has 2 aliphatic rings. The molecule has 2 rings (SSSR count). The van der Waals surface area contributed by atoms with Crippen LogP contribution in [0.2, 0.25) is 0 Å².